The molecule has 0 spiro atoms. The van der Waals surface area contributed by atoms with E-state index < -0.39 is 28.9 Å². The van der Waals surface area contributed by atoms with E-state index in [0.717, 1.165) is 50.3 Å². The van der Waals surface area contributed by atoms with Crippen LogP contribution in [0.2, 0.25) is 0 Å². The van der Waals surface area contributed by atoms with Crippen molar-refractivity contribution in [3.05, 3.63) is 71.0 Å². The molecule has 1 heterocycles. The number of nitrogens with one attached hydrogen (secondary N) is 1. The van der Waals surface area contributed by atoms with Gasteiger partial charge in [-0.1, -0.05) is 30.3 Å². The van der Waals surface area contributed by atoms with Crippen LogP contribution in [0.5, 0.6) is 0 Å². The first-order valence-electron chi connectivity index (χ1n) is 9.34. The largest absolute Gasteiger partial charge is 0.350 e. The average molecular weight is 391 g/mol. The number of halogens is 3. The molecule has 4 nitrogen and oxygen atoms in total. The fraction of sp³-hybridized carbons (Fsp3) is 0.381. The van der Waals surface area contributed by atoms with E-state index in [1.807, 2.05) is 30.3 Å². The van der Waals surface area contributed by atoms with Gasteiger partial charge in [0.2, 0.25) is 0 Å². The molecule has 28 heavy (non-hydrogen) atoms. The van der Waals surface area contributed by atoms with Gasteiger partial charge < -0.3 is 10.2 Å². The zero-order valence-electron chi connectivity index (χ0n) is 15.8. The molecule has 1 fully saturated rings. The SMILES string of the molecule is CN1CCN(C(CNC(=O)c2ccc(F)c(F)c2F)Cc2ccccc2)CC1. The molecule has 0 radical (unpaired) electrons. The smallest absolute Gasteiger partial charge is 0.254 e. The molecule has 1 aliphatic rings. The Balaban J connectivity index is 1.70. The van der Waals surface area contributed by atoms with Crippen molar-refractivity contribution in [1.29, 1.82) is 0 Å². The third-order valence-electron chi connectivity index (χ3n) is 5.15. The Morgan fingerprint density at radius 1 is 1.00 bits per heavy atom. The van der Waals surface area contributed by atoms with E-state index in [0.29, 0.717) is 0 Å². The number of likely N-dealkylation sites (N-methyl/N-ethyl adjacent to an activating group) is 1. The Morgan fingerprint density at radius 3 is 2.36 bits per heavy atom. The minimum Gasteiger partial charge on any atom is -0.350 e. The van der Waals surface area contributed by atoms with E-state index in [4.69, 9.17) is 0 Å². The second-order valence-corrected chi connectivity index (χ2v) is 7.12. The highest BCUT2D eigenvalue weighted by atomic mass is 19.2. The molecule has 1 saturated heterocycles. The number of hydrogen-bond donors (Lipinski definition) is 1. The van der Waals surface area contributed by atoms with Crippen LogP contribution in [0.4, 0.5) is 13.2 Å². The summed E-state index contributed by atoms with van der Waals surface area (Å²) in [7, 11) is 2.07. The highest BCUT2D eigenvalue weighted by Crippen LogP contribution is 2.16. The number of rotatable bonds is 6. The van der Waals surface area contributed by atoms with Crippen LogP contribution in [0.15, 0.2) is 42.5 Å². The molecule has 1 aliphatic heterocycles. The van der Waals surface area contributed by atoms with E-state index in [1.165, 1.54) is 0 Å². The van der Waals surface area contributed by atoms with Crippen molar-refractivity contribution < 1.29 is 18.0 Å². The van der Waals surface area contributed by atoms with Gasteiger partial charge >= 0.3 is 0 Å². The summed E-state index contributed by atoms with van der Waals surface area (Å²) in [6.07, 6.45) is 0.727. The molecular weight excluding hydrogens is 367 g/mol. The number of carbonyl (C=O) groups excluding carboxylic acids is 1. The molecule has 1 atom stereocenters. The highest BCUT2D eigenvalue weighted by Gasteiger charge is 2.25. The number of piperazine rings is 1. The van der Waals surface area contributed by atoms with Crippen LogP contribution >= 0.6 is 0 Å². The zero-order chi connectivity index (χ0) is 20.1. The summed E-state index contributed by atoms with van der Waals surface area (Å²) >= 11 is 0. The Kier molecular flexibility index (Phi) is 6.70. The second-order valence-electron chi connectivity index (χ2n) is 7.12. The van der Waals surface area contributed by atoms with Crippen LogP contribution in [0.3, 0.4) is 0 Å². The van der Waals surface area contributed by atoms with Gasteiger partial charge in [-0.3, -0.25) is 9.69 Å². The quantitative estimate of drug-likeness (QED) is 0.770. The van der Waals surface area contributed by atoms with Crippen molar-refractivity contribution in [3.63, 3.8) is 0 Å². The molecule has 0 bridgehead atoms. The fourth-order valence-corrected chi connectivity index (χ4v) is 3.41. The molecule has 1 unspecified atom stereocenters. The molecule has 1 amide bonds. The first kappa shape index (κ1) is 20.4. The van der Waals surface area contributed by atoms with Gasteiger partial charge in [0.05, 0.1) is 5.56 Å². The lowest BCUT2D eigenvalue weighted by molar-refractivity contribution is 0.0881. The number of hydrogen-bond acceptors (Lipinski definition) is 3. The number of carbonyl (C=O) groups is 1. The van der Waals surface area contributed by atoms with Gasteiger partial charge in [-0.2, -0.15) is 0 Å². The van der Waals surface area contributed by atoms with Gasteiger partial charge in [0.1, 0.15) is 0 Å². The van der Waals surface area contributed by atoms with Crippen molar-refractivity contribution in [2.24, 2.45) is 0 Å². The fourth-order valence-electron chi connectivity index (χ4n) is 3.41. The van der Waals surface area contributed by atoms with Crippen molar-refractivity contribution in [2.75, 3.05) is 39.8 Å². The molecular formula is C21H24F3N3O. The number of nitrogens with zero attached hydrogens (tertiary/aromatic N) is 2. The lowest BCUT2D eigenvalue weighted by Crippen LogP contribution is -2.53. The average Bonchev–Trinajstić information content (AvgIpc) is 2.70. The van der Waals surface area contributed by atoms with Crippen LogP contribution in [0.1, 0.15) is 15.9 Å². The van der Waals surface area contributed by atoms with Crippen molar-refractivity contribution in [3.8, 4) is 0 Å². The predicted molar refractivity (Wildman–Crippen MR) is 102 cm³/mol. The topological polar surface area (TPSA) is 35.6 Å². The first-order chi connectivity index (χ1) is 13.5. The monoisotopic (exact) mass is 391 g/mol. The van der Waals surface area contributed by atoms with E-state index in [1.54, 1.807) is 0 Å². The molecule has 0 aromatic heterocycles. The van der Waals surface area contributed by atoms with Crippen molar-refractivity contribution in [2.45, 2.75) is 12.5 Å². The van der Waals surface area contributed by atoms with Gasteiger partial charge in [-0.25, -0.2) is 13.2 Å². The number of benzene rings is 2. The van der Waals surface area contributed by atoms with Crippen LogP contribution in [0.25, 0.3) is 0 Å². The Bertz CT molecular complexity index is 808. The highest BCUT2D eigenvalue weighted by molar-refractivity contribution is 5.94. The molecule has 3 rings (SSSR count). The van der Waals surface area contributed by atoms with E-state index in [2.05, 4.69) is 22.2 Å². The minimum absolute atomic E-state index is 0.0217. The molecule has 2 aromatic rings. The van der Waals surface area contributed by atoms with Crippen molar-refractivity contribution in [1.82, 2.24) is 15.1 Å². The minimum atomic E-state index is -1.63. The third kappa shape index (κ3) is 4.91. The molecule has 150 valence electrons. The molecule has 0 aliphatic carbocycles. The predicted octanol–water partition coefficient (Wildman–Crippen LogP) is 2.69. The van der Waals surface area contributed by atoms with E-state index in [9.17, 15) is 18.0 Å². The van der Waals surface area contributed by atoms with Crippen molar-refractivity contribution >= 4 is 5.91 Å². The summed E-state index contributed by atoms with van der Waals surface area (Å²) in [6.45, 7) is 3.87. The maximum absolute atomic E-state index is 13.9. The normalized spacial score (nSPS) is 16.7. The van der Waals surface area contributed by atoms with Gasteiger partial charge in [0.15, 0.2) is 17.5 Å². The molecule has 0 saturated carbocycles. The number of amides is 1. The van der Waals surface area contributed by atoms with Crippen LogP contribution in [-0.4, -0.2) is 61.5 Å². The Labute approximate surface area is 162 Å². The van der Waals surface area contributed by atoms with Crippen LogP contribution < -0.4 is 5.32 Å². The summed E-state index contributed by atoms with van der Waals surface area (Å²) in [5, 5.41) is 2.69. The maximum atomic E-state index is 13.9. The van der Waals surface area contributed by atoms with Gasteiger partial charge in [0, 0.05) is 38.8 Å². The summed E-state index contributed by atoms with van der Waals surface area (Å²) in [4.78, 5) is 16.9. The lowest BCUT2D eigenvalue weighted by atomic mass is 10.0. The molecule has 2 aromatic carbocycles. The summed E-state index contributed by atoms with van der Waals surface area (Å²) < 4.78 is 40.4. The summed E-state index contributed by atoms with van der Waals surface area (Å²) in [5.74, 6) is -5.15. The lowest BCUT2D eigenvalue weighted by Gasteiger charge is -2.38. The van der Waals surface area contributed by atoms with E-state index >= 15 is 0 Å². The van der Waals surface area contributed by atoms with Crippen LogP contribution in [0, 0.1) is 17.5 Å². The zero-order valence-corrected chi connectivity index (χ0v) is 15.8. The van der Waals surface area contributed by atoms with Gasteiger partial charge in [-0.05, 0) is 31.2 Å². The Morgan fingerprint density at radius 2 is 1.68 bits per heavy atom. The standard InChI is InChI=1S/C21H24F3N3O/c1-26-9-11-27(12-10-26)16(13-15-5-3-2-4-6-15)14-25-21(28)17-7-8-18(22)20(24)19(17)23/h2-8,16H,9-14H2,1H3,(H,25,28). The molecule has 7 heteroatoms. The van der Waals surface area contributed by atoms with Crippen LogP contribution in [-0.2, 0) is 6.42 Å². The second kappa shape index (κ2) is 9.21. The van der Waals surface area contributed by atoms with Gasteiger partial charge in [-0.15, -0.1) is 0 Å². The maximum Gasteiger partial charge on any atom is 0.254 e. The summed E-state index contributed by atoms with van der Waals surface area (Å²) in [6, 6.07) is 11.7. The Hall–Kier alpha value is -2.38. The van der Waals surface area contributed by atoms with E-state index in [-0.39, 0.29) is 12.6 Å². The summed E-state index contributed by atoms with van der Waals surface area (Å²) in [5.41, 5.74) is 0.649. The van der Waals surface area contributed by atoms with Gasteiger partial charge in [0.25, 0.3) is 5.91 Å². The molecule has 1 N–H and O–H groups in total. The third-order valence-corrected chi connectivity index (χ3v) is 5.15. The first-order valence-corrected chi connectivity index (χ1v) is 9.34.